The highest BCUT2D eigenvalue weighted by molar-refractivity contribution is 7.92. The van der Waals surface area contributed by atoms with Crippen molar-refractivity contribution in [3.63, 3.8) is 0 Å². The minimum absolute atomic E-state index is 0.0697. The number of fused-ring (bicyclic) bond motifs is 1. The molecule has 9 nitrogen and oxygen atoms in total. The monoisotopic (exact) mass is 470 g/mol. The number of hydrogen-bond donors (Lipinski definition) is 1. The lowest BCUT2D eigenvalue weighted by atomic mass is 9.88. The van der Waals surface area contributed by atoms with E-state index in [1.165, 1.54) is 49.8 Å². The van der Waals surface area contributed by atoms with Crippen molar-refractivity contribution >= 4 is 50.5 Å². The van der Waals surface area contributed by atoms with Crippen LogP contribution in [0, 0.1) is 0 Å². The first kappa shape index (κ1) is 21.6. The molecule has 0 fully saturated rings. The summed E-state index contributed by atoms with van der Waals surface area (Å²) < 4.78 is 32.3. The van der Waals surface area contributed by atoms with Crippen molar-refractivity contribution in [2.24, 2.45) is 4.99 Å². The van der Waals surface area contributed by atoms with Gasteiger partial charge in [-0.1, -0.05) is 24.3 Å². The van der Waals surface area contributed by atoms with Gasteiger partial charge in [-0.2, -0.15) is 0 Å². The van der Waals surface area contributed by atoms with E-state index in [1.54, 1.807) is 18.2 Å². The normalized spacial score (nSPS) is 17.2. The maximum absolute atomic E-state index is 12.8. The van der Waals surface area contributed by atoms with Gasteiger partial charge in [0.15, 0.2) is 11.5 Å². The number of carbonyl (C=O) groups excluding carboxylic acids is 2. The molecule has 1 aromatic heterocycles. The molecule has 2 aromatic carbocycles. The molecular weight excluding hydrogens is 456 g/mol. The molecule has 0 spiro atoms. The van der Waals surface area contributed by atoms with Crippen molar-refractivity contribution in [3.05, 3.63) is 72.1 Å². The molecule has 4 rings (SSSR count). The molecule has 1 unspecified atom stereocenters. The molecule has 0 saturated carbocycles. The summed E-state index contributed by atoms with van der Waals surface area (Å²) in [5.41, 5.74) is 0.641. The number of nitrogens with one attached hydrogen (secondary N) is 1. The maximum Gasteiger partial charge on any atom is 0.264 e. The fourth-order valence-corrected chi connectivity index (χ4v) is 4.23. The van der Waals surface area contributed by atoms with Crippen LogP contribution in [0.15, 0.2) is 70.8 Å². The molecule has 1 aliphatic rings. The van der Waals surface area contributed by atoms with E-state index < -0.39 is 27.0 Å². The quantitative estimate of drug-likeness (QED) is 0.567. The number of hydrogen-bond acceptors (Lipinski definition) is 8. The van der Waals surface area contributed by atoms with Crippen molar-refractivity contribution < 1.29 is 22.7 Å². The van der Waals surface area contributed by atoms with Gasteiger partial charge < -0.3 is 4.74 Å². The highest BCUT2D eigenvalue weighted by atomic mass is 35.5. The number of Topliss-reactive ketones (excluding diaryl/α,β-unsaturated/α-hetero) is 2. The van der Waals surface area contributed by atoms with Crippen molar-refractivity contribution in [3.8, 4) is 5.75 Å². The van der Waals surface area contributed by atoms with Crippen LogP contribution < -0.4 is 9.46 Å². The number of aliphatic imine (C=N–C) groups is 1. The summed E-state index contributed by atoms with van der Waals surface area (Å²) in [5.74, 6) is -0.601. The third kappa shape index (κ3) is 4.10. The lowest BCUT2D eigenvalue weighted by molar-refractivity contribution is 0.0968. The van der Waals surface area contributed by atoms with E-state index in [0.717, 1.165) is 0 Å². The highest BCUT2D eigenvalue weighted by Gasteiger charge is 2.37. The number of rotatable bonds is 5. The number of anilines is 1. The summed E-state index contributed by atoms with van der Waals surface area (Å²) in [6.45, 7) is 0. The van der Waals surface area contributed by atoms with Gasteiger partial charge in [0.1, 0.15) is 11.1 Å². The van der Waals surface area contributed by atoms with Crippen LogP contribution in [0.1, 0.15) is 20.7 Å². The van der Waals surface area contributed by atoms with Crippen LogP contribution in [0.25, 0.3) is 0 Å². The van der Waals surface area contributed by atoms with E-state index in [4.69, 9.17) is 16.3 Å². The Kier molecular flexibility index (Phi) is 5.72. The number of ether oxygens (including phenoxy) is 1. The van der Waals surface area contributed by atoms with E-state index in [-0.39, 0.29) is 33.4 Å². The molecular formula is C21H15ClN4O5S. The Balaban J connectivity index is 1.59. The number of nitrogens with zero attached hydrogens (tertiary/aromatic N) is 3. The van der Waals surface area contributed by atoms with Crippen LogP contribution in [0.2, 0.25) is 0 Å². The first-order chi connectivity index (χ1) is 15.3. The van der Waals surface area contributed by atoms with Crippen LogP contribution in [0.3, 0.4) is 0 Å². The van der Waals surface area contributed by atoms with Gasteiger partial charge in [0.05, 0.1) is 30.1 Å². The van der Waals surface area contributed by atoms with E-state index in [2.05, 4.69) is 19.7 Å². The minimum Gasteiger partial charge on any atom is -0.494 e. The maximum atomic E-state index is 12.8. The number of benzene rings is 2. The van der Waals surface area contributed by atoms with Crippen LogP contribution >= 0.6 is 11.6 Å². The first-order valence-corrected chi connectivity index (χ1v) is 11.1. The lowest BCUT2D eigenvalue weighted by Crippen LogP contribution is -2.37. The van der Waals surface area contributed by atoms with E-state index in [1.807, 2.05) is 0 Å². The third-order valence-corrected chi connectivity index (χ3v) is 6.38. The molecule has 0 radical (unpaired) electrons. The number of aromatic nitrogens is 2. The highest BCUT2D eigenvalue weighted by Crippen LogP contribution is 2.26. The summed E-state index contributed by atoms with van der Waals surface area (Å²) in [7, 11) is -2.52. The van der Waals surface area contributed by atoms with Crippen molar-refractivity contribution in [2.75, 3.05) is 11.8 Å². The molecule has 0 bridgehead atoms. The summed E-state index contributed by atoms with van der Waals surface area (Å²) in [6, 6.07) is 11.8. The smallest absolute Gasteiger partial charge is 0.264 e. The van der Waals surface area contributed by atoms with E-state index in [0.29, 0.717) is 5.75 Å². The molecule has 162 valence electrons. The van der Waals surface area contributed by atoms with Crippen molar-refractivity contribution in [1.82, 2.24) is 9.97 Å². The summed E-state index contributed by atoms with van der Waals surface area (Å²) in [6.07, 6.45) is 2.65. The molecule has 1 N–H and O–H groups in total. The fraction of sp³-hybridized carbons (Fsp3) is 0.0952. The summed E-state index contributed by atoms with van der Waals surface area (Å²) in [5, 5.41) is -1.23. The second kappa shape index (κ2) is 8.48. The lowest BCUT2D eigenvalue weighted by Gasteiger charge is -2.19. The molecule has 1 heterocycles. The van der Waals surface area contributed by atoms with E-state index in [9.17, 15) is 18.0 Å². The van der Waals surface area contributed by atoms with E-state index >= 15 is 0 Å². The third-order valence-electron chi connectivity index (χ3n) is 4.63. The Hall–Kier alpha value is -3.63. The molecule has 1 aliphatic carbocycles. The van der Waals surface area contributed by atoms with Gasteiger partial charge in [-0.25, -0.2) is 28.1 Å². The molecule has 0 amide bonds. The zero-order chi connectivity index (χ0) is 22.9. The molecule has 1 atom stereocenters. The number of sulfonamides is 1. The van der Waals surface area contributed by atoms with Crippen LogP contribution in [-0.4, -0.2) is 48.2 Å². The zero-order valence-corrected chi connectivity index (χ0v) is 18.1. The van der Waals surface area contributed by atoms with Crippen LogP contribution in [0.5, 0.6) is 5.75 Å². The minimum atomic E-state index is -3.96. The average molecular weight is 471 g/mol. The molecule has 32 heavy (non-hydrogen) atoms. The van der Waals surface area contributed by atoms with Gasteiger partial charge in [0, 0.05) is 11.1 Å². The molecule has 0 saturated heterocycles. The number of ketones is 2. The van der Waals surface area contributed by atoms with Crippen LogP contribution in [-0.2, 0) is 10.0 Å². The predicted octanol–water partition coefficient (Wildman–Crippen LogP) is 3.05. The van der Waals surface area contributed by atoms with Gasteiger partial charge in [-0.3, -0.25) is 9.59 Å². The Bertz CT molecular complexity index is 1340. The van der Waals surface area contributed by atoms with Crippen molar-refractivity contribution in [1.29, 1.82) is 0 Å². The molecule has 3 aromatic rings. The Morgan fingerprint density at radius 3 is 2.25 bits per heavy atom. The molecule has 0 aliphatic heterocycles. The second-order valence-corrected chi connectivity index (χ2v) is 8.76. The standard InChI is InChI=1S/C21H15ClN4O5S/c1-31-13-10-23-21(24-11-13)26-32(29,30)14-8-6-12(7-9-14)25-18-17(22)19(27)15-4-2-3-5-16(15)20(18)28/h2-11,17H,1H3,(H,23,24,26). The number of methoxy groups -OCH3 is 1. The first-order valence-electron chi connectivity index (χ1n) is 9.19. The Morgan fingerprint density at radius 1 is 1.00 bits per heavy atom. The summed E-state index contributed by atoms with van der Waals surface area (Å²) in [4.78, 5) is 37.1. The number of carbonyl (C=O) groups is 2. The van der Waals surface area contributed by atoms with Gasteiger partial charge in [0.2, 0.25) is 11.7 Å². The van der Waals surface area contributed by atoms with Gasteiger partial charge in [0.25, 0.3) is 10.0 Å². The van der Waals surface area contributed by atoms with Crippen molar-refractivity contribution in [2.45, 2.75) is 10.3 Å². The van der Waals surface area contributed by atoms with Crippen LogP contribution in [0.4, 0.5) is 11.6 Å². The van der Waals surface area contributed by atoms with Gasteiger partial charge in [-0.15, -0.1) is 11.6 Å². The Labute approximate surface area is 188 Å². The number of alkyl halides is 1. The number of halogens is 1. The zero-order valence-electron chi connectivity index (χ0n) is 16.5. The average Bonchev–Trinajstić information content (AvgIpc) is 2.81. The summed E-state index contributed by atoms with van der Waals surface area (Å²) >= 11 is 6.19. The fourth-order valence-electron chi connectivity index (χ4n) is 3.01. The predicted molar refractivity (Wildman–Crippen MR) is 118 cm³/mol. The van der Waals surface area contributed by atoms with Gasteiger partial charge >= 0.3 is 0 Å². The molecule has 11 heteroatoms. The second-order valence-electron chi connectivity index (χ2n) is 6.64. The Morgan fingerprint density at radius 2 is 1.62 bits per heavy atom. The SMILES string of the molecule is COc1cnc(NS(=O)(=O)c2ccc(N=C3C(=O)c4ccccc4C(=O)C3Cl)cc2)nc1. The largest absolute Gasteiger partial charge is 0.494 e. The topological polar surface area (TPSA) is 128 Å². The van der Waals surface area contributed by atoms with Gasteiger partial charge in [-0.05, 0) is 24.3 Å².